The van der Waals surface area contributed by atoms with Gasteiger partial charge in [-0.1, -0.05) is 11.6 Å². The van der Waals surface area contributed by atoms with Crippen LogP contribution in [0.5, 0.6) is 0 Å². The third-order valence-corrected chi connectivity index (χ3v) is 4.09. The second-order valence-corrected chi connectivity index (χ2v) is 6.42. The Hall–Kier alpha value is -1.57. The molecule has 1 aromatic heterocycles. The monoisotopic (exact) mass is 314 g/mol. The number of nitrogens with two attached hydrogens (primary N) is 1. The van der Waals surface area contributed by atoms with E-state index in [1.165, 1.54) is 18.2 Å². The van der Waals surface area contributed by atoms with Crippen LogP contribution < -0.4 is 10.5 Å². The molecule has 0 bridgehead atoms. The average molecular weight is 315 g/mol. The molecule has 1 heterocycles. The fourth-order valence-electron chi connectivity index (χ4n) is 1.83. The van der Waals surface area contributed by atoms with Crippen molar-refractivity contribution in [3.63, 3.8) is 0 Å². The van der Waals surface area contributed by atoms with E-state index in [0.29, 0.717) is 17.3 Å². The third-order valence-electron chi connectivity index (χ3n) is 2.85. The van der Waals surface area contributed by atoms with Crippen LogP contribution in [0.15, 0.2) is 29.3 Å². The predicted molar refractivity (Wildman–Crippen MR) is 78.1 cm³/mol. The Kier molecular flexibility index (Phi) is 4.03. The predicted octanol–water partition coefficient (Wildman–Crippen LogP) is 1.64. The average Bonchev–Trinajstić information content (AvgIpc) is 2.65. The molecule has 108 valence electrons. The number of anilines is 1. The molecule has 2 aromatic rings. The number of halogens is 1. The first-order chi connectivity index (χ1) is 9.27. The van der Waals surface area contributed by atoms with Gasteiger partial charge in [-0.25, -0.2) is 13.6 Å². The summed E-state index contributed by atoms with van der Waals surface area (Å²) in [5.74, 6) is 0. The van der Waals surface area contributed by atoms with Crippen molar-refractivity contribution in [2.75, 3.05) is 5.32 Å². The number of hydrogen-bond donors (Lipinski definition) is 2. The van der Waals surface area contributed by atoms with Gasteiger partial charge in [0.25, 0.3) is 0 Å². The summed E-state index contributed by atoms with van der Waals surface area (Å²) in [4.78, 5) is 0.0207. The van der Waals surface area contributed by atoms with E-state index >= 15 is 0 Å². The molecule has 0 aliphatic rings. The number of benzene rings is 1. The summed E-state index contributed by atoms with van der Waals surface area (Å²) < 4.78 is 24.4. The normalized spacial score (nSPS) is 11.6. The van der Waals surface area contributed by atoms with Gasteiger partial charge in [0, 0.05) is 25.4 Å². The molecule has 0 aliphatic heterocycles. The van der Waals surface area contributed by atoms with Crippen molar-refractivity contribution in [2.24, 2.45) is 12.2 Å². The van der Waals surface area contributed by atoms with Crippen LogP contribution in [0.2, 0.25) is 5.02 Å². The Morgan fingerprint density at radius 1 is 1.45 bits per heavy atom. The van der Waals surface area contributed by atoms with Crippen LogP contribution in [-0.4, -0.2) is 18.2 Å². The highest BCUT2D eigenvalue weighted by Gasteiger charge is 2.11. The molecule has 0 saturated carbocycles. The molecule has 0 fully saturated rings. The molecule has 6 nitrogen and oxygen atoms in total. The standard InChI is InChI=1S/C12H15ClN4O2S/c1-8-9(7-17(2)16-8)6-15-12-5-10(20(14,18)19)3-4-11(12)13/h3-5,7,15H,6H2,1-2H3,(H2,14,18,19). The summed E-state index contributed by atoms with van der Waals surface area (Å²) in [6.45, 7) is 2.40. The highest BCUT2D eigenvalue weighted by atomic mass is 35.5. The second kappa shape index (κ2) is 5.43. The van der Waals surface area contributed by atoms with Crippen LogP contribution in [0.4, 0.5) is 5.69 Å². The number of aryl methyl sites for hydroxylation is 2. The number of rotatable bonds is 4. The minimum atomic E-state index is -3.74. The first-order valence-electron chi connectivity index (χ1n) is 5.82. The summed E-state index contributed by atoms with van der Waals surface area (Å²) in [5, 5.41) is 12.8. The summed E-state index contributed by atoms with van der Waals surface area (Å²) in [5.41, 5.74) is 2.42. The Bertz CT molecular complexity index is 740. The minimum absolute atomic E-state index is 0.0207. The zero-order valence-corrected chi connectivity index (χ0v) is 12.7. The van der Waals surface area contributed by atoms with Gasteiger partial charge in [0.1, 0.15) is 0 Å². The number of primary sulfonamides is 1. The molecule has 0 unspecified atom stereocenters. The fourth-order valence-corrected chi connectivity index (χ4v) is 2.55. The van der Waals surface area contributed by atoms with Gasteiger partial charge in [0.2, 0.25) is 10.0 Å². The van der Waals surface area contributed by atoms with Crippen LogP contribution in [0.25, 0.3) is 0 Å². The molecular formula is C12H15ClN4O2S. The van der Waals surface area contributed by atoms with Crippen molar-refractivity contribution in [2.45, 2.75) is 18.4 Å². The fraction of sp³-hybridized carbons (Fsp3) is 0.250. The molecule has 0 saturated heterocycles. The molecule has 0 amide bonds. The van der Waals surface area contributed by atoms with Gasteiger partial charge in [0.05, 0.1) is 21.3 Å². The molecule has 1 aromatic carbocycles. The second-order valence-electron chi connectivity index (χ2n) is 4.45. The molecule has 3 N–H and O–H groups in total. The highest BCUT2D eigenvalue weighted by Crippen LogP contribution is 2.25. The molecule has 0 atom stereocenters. The van der Waals surface area contributed by atoms with Crippen LogP contribution in [-0.2, 0) is 23.6 Å². The van der Waals surface area contributed by atoms with Crippen molar-refractivity contribution < 1.29 is 8.42 Å². The lowest BCUT2D eigenvalue weighted by Gasteiger charge is -2.09. The van der Waals surface area contributed by atoms with Crippen LogP contribution >= 0.6 is 11.6 Å². The molecule has 2 rings (SSSR count). The lowest BCUT2D eigenvalue weighted by molar-refractivity contribution is 0.598. The van der Waals surface area contributed by atoms with E-state index in [2.05, 4.69) is 10.4 Å². The van der Waals surface area contributed by atoms with Crippen molar-refractivity contribution in [1.29, 1.82) is 0 Å². The van der Waals surface area contributed by atoms with E-state index in [1.807, 2.05) is 20.2 Å². The summed E-state index contributed by atoms with van der Waals surface area (Å²) in [6, 6.07) is 4.29. The van der Waals surface area contributed by atoms with E-state index in [4.69, 9.17) is 16.7 Å². The lowest BCUT2D eigenvalue weighted by atomic mass is 10.2. The molecular weight excluding hydrogens is 300 g/mol. The van der Waals surface area contributed by atoms with Crippen molar-refractivity contribution in [3.05, 3.63) is 40.7 Å². The molecule has 20 heavy (non-hydrogen) atoms. The number of nitrogens with one attached hydrogen (secondary N) is 1. The number of nitrogens with zero attached hydrogens (tertiary/aromatic N) is 2. The van der Waals surface area contributed by atoms with Crippen LogP contribution in [0.3, 0.4) is 0 Å². The largest absolute Gasteiger partial charge is 0.380 e. The molecule has 0 aliphatic carbocycles. The van der Waals surface area contributed by atoms with Crippen LogP contribution in [0, 0.1) is 6.92 Å². The maximum Gasteiger partial charge on any atom is 0.238 e. The van der Waals surface area contributed by atoms with E-state index in [0.717, 1.165) is 11.3 Å². The Morgan fingerprint density at radius 2 is 2.15 bits per heavy atom. The van der Waals surface area contributed by atoms with Crippen LogP contribution in [0.1, 0.15) is 11.3 Å². The number of aromatic nitrogens is 2. The van der Waals surface area contributed by atoms with Crippen molar-refractivity contribution in [1.82, 2.24) is 9.78 Å². The maximum absolute atomic E-state index is 11.3. The summed E-state index contributed by atoms with van der Waals surface area (Å²) in [7, 11) is -1.91. The molecule has 0 radical (unpaired) electrons. The first kappa shape index (κ1) is 14.8. The van der Waals surface area contributed by atoms with E-state index in [-0.39, 0.29) is 4.90 Å². The molecule has 8 heteroatoms. The lowest BCUT2D eigenvalue weighted by Crippen LogP contribution is -2.12. The zero-order chi connectivity index (χ0) is 14.9. The summed E-state index contributed by atoms with van der Waals surface area (Å²) >= 11 is 6.04. The highest BCUT2D eigenvalue weighted by molar-refractivity contribution is 7.89. The SMILES string of the molecule is Cc1nn(C)cc1CNc1cc(S(N)(=O)=O)ccc1Cl. The van der Waals surface area contributed by atoms with Crippen molar-refractivity contribution in [3.8, 4) is 0 Å². The number of hydrogen-bond acceptors (Lipinski definition) is 4. The van der Waals surface area contributed by atoms with Gasteiger partial charge in [0.15, 0.2) is 0 Å². The Morgan fingerprint density at radius 3 is 2.70 bits per heavy atom. The van der Waals surface area contributed by atoms with Gasteiger partial charge in [-0.15, -0.1) is 0 Å². The van der Waals surface area contributed by atoms with E-state index < -0.39 is 10.0 Å². The van der Waals surface area contributed by atoms with Gasteiger partial charge in [-0.05, 0) is 25.1 Å². The van der Waals surface area contributed by atoms with E-state index in [9.17, 15) is 8.42 Å². The number of sulfonamides is 1. The zero-order valence-electron chi connectivity index (χ0n) is 11.1. The Balaban J connectivity index is 2.23. The van der Waals surface area contributed by atoms with Gasteiger partial charge >= 0.3 is 0 Å². The van der Waals surface area contributed by atoms with Gasteiger partial charge in [-0.3, -0.25) is 4.68 Å². The van der Waals surface area contributed by atoms with Gasteiger partial charge < -0.3 is 5.32 Å². The topological polar surface area (TPSA) is 90.0 Å². The Labute approximate surface area is 122 Å². The minimum Gasteiger partial charge on any atom is -0.380 e. The maximum atomic E-state index is 11.3. The van der Waals surface area contributed by atoms with E-state index in [1.54, 1.807) is 4.68 Å². The third kappa shape index (κ3) is 3.30. The molecule has 0 spiro atoms. The smallest absolute Gasteiger partial charge is 0.238 e. The van der Waals surface area contributed by atoms with Gasteiger partial charge in [-0.2, -0.15) is 5.10 Å². The van der Waals surface area contributed by atoms with Crippen molar-refractivity contribution >= 4 is 27.3 Å². The summed E-state index contributed by atoms with van der Waals surface area (Å²) in [6.07, 6.45) is 1.89. The quantitative estimate of drug-likeness (QED) is 0.897. The first-order valence-corrected chi connectivity index (χ1v) is 7.75.